The van der Waals surface area contributed by atoms with Crippen molar-refractivity contribution in [3.63, 3.8) is 0 Å². The molecule has 3 heterocycles. The maximum absolute atomic E-state index is 12.4. The van der Waals surface area contributed by atoms with Gasteiger partial charge in [-0.25, -0.2) is 9.97 Å². The van der Waals surface area contributed by atoms with Crippen LogP contribution in [0.1, 0.15) is 29.0 Å². The highest BCUT2D eigenvalue weighted by atomic mass is 32.1. The number of imidazole rings is 1. The summed E-state index contributed by atoms with van der Waals surface area (Å²) in [6.07, 6.45) is 6.87. The van der Waals surface area contributed by atoms with Crippen LogP contribution in [-0.4, -0.2) is 48.4 Å². The van der Waals surface area contributed by atoms with E-state index < -0.39 is 12.1 Å². The van der Waals surface area contributed by atoms with Gasteiger partial charge in [0, 0.05) is 29.9 Å². The molecule has 0 bridgehead atoms. The Morgan fingerprint density at radius 3 is 3.04 bits per heavy atom. The lowest BCUT2D eigenvalue weighted by molar-refractivity contribution is -0.125. The summed E-state index contributed by atoms with van der Waals surface area (Å²) in [7, 11) is 0. The number of carbonyl (C=O) groups is 2. The lowest BCUT2D eigenvalue weighted by atomic mass is 10.1. The van der Waals surface area contributed by atoms with Crippen molar-refractivity contribution in [1.29, 1.82) is 0 Å². The number of hydrogen-bond acceptors (Lipinski definition) is 7. The first-order valence-corrected chi connectivity index (χ1v) is 9.47. The van der Waals surface area contributed by atoms with Crippen molar-refractivity contribution >= 4 is 28.8 Å². The van der Waals surface area contributed by atoms with Gasteiger partial charge in [-0.1, -0.05) is 0 Å². The summed E-state index contributed by atoms with van der Waals surface area (Å²) in [4.78, 5) is 36.9. The third-order valence-corrected chi connectivity index (χ3v) is 5.23. The molecule has 27 heavy (non-hydrogen) atoms. The Kier molecular flexibility index (Phi) is 4.82. The van der Waals surface area contributed by atoms with Gasteiger partial charge in [-0.15, -0.1) is 11.3 Å². The number of carbonyl (C=O) groups excluding carboxylic acids is 2. The van der Waals surface area contributed by atoms with Gasteiger partial charge in [0.1, 0.15) is 5.69 Å². The van der Waals surface area contributed by atoms with Gasteiger partial charge < -0.3 is 20.1 Å². The third kappa shape index (κ3) is 3.81. The number of nitrogens with zero attached hydrogens (tertiary/aromatic N) is 4. The number of thiazole rings is 1. The van der Waals surface area contributed by atoms with Crippen molar-refractivity contribution < 1.29 is 14.7 Å². The predicted octanol–water partition coefficient (Wildman–Crippen LogP) is 0.371. The molecule has 0 radical (unpaired) electrons. The number of amides is 2. The molecule has 10 heteroatoms. The zero-order chi connectivity index (χ0) is 18.8. The molecule has 1 aliphatic rings. The zero-order valence-corrected chi connectivity index (χ0v) is 15.1. The second kappa shape index (κ2) is 7.41. The molecule has 0 saturated heterocycles. The average molecular weight is 386 g/mol. The zero-order valence-electron chi connectivity index (χ0n) is 14.3. The van der Waals surface area contributed by atoms with Gasteiger partial charge in [0.05, 0.1) is 36.1 Å². The van der Waals surface area contributed by atoms with Gasteiger partial charge in [-0.05, 0) is 12.8 Å². The molecule has 1 saturated carbocycles. The Labute approximate surface area is 158 Å². The predicted molar refractivity (Wildman–Crippen MR) is 96.9 cm³/mol. The van der Waals surface area contributed by atoms with Crippen LogP contribution in [-0.2, 0) is 11.3 Å². The van der Waals surface area contributed by atoms with Gasteiger partial charge in [0.15, 0.2) is 5.65 Å². The van der Waals surface area contributed by atoms with Crippen LogP contribution >= 0.6 is 11.3 Å². The van der Waals surface area contributed by atoms with E-state index in [0.717, 1.165) is 5.69 Å². The molecular formula is C17H18N6O3S. The number of aliphatic hydroxyl groups excluding tert-OH is 1. The lowest BCUT2D eigenvalue weighted by Gasteiger charge is -2.15. The SMILES string of the molecule is O=C(N[C@H]1C[C@H](C(=O)NCc2cn3ccncc3n2)C[C@@H]1O)c1cscn1. The fraction of sp³-hybridized carbons (Fsp3) is 0.353. The molecule has 1 fully saturated rings. The van der Waals surface area contributed by atoms with Crippen LogP contribution in [0.2, 0.25) is 0 Å². The Morgan fingerprint density at radius 2 is 2.26 bits per heavy atom. The number of aliphatic hydroxyl groups is 1. The molecule has 4 rings (SSSR count). The van der Waals surface area contributed by atoms with Crippen molar-refractivity contribution in [2.45, 2.75) is 31.5 Å². The number of hydrogen-bond donors (Lipinski definition) is 3. The molecule has 1 aliphatic carbocycles. The topological polar surface area (TPSA) is 122 Å². The minimum Gasteiger partial charge on any atom is -0.391 e. The lowest BCUT2D eigenvalue weighted by Crippen LogP contribution is -2.40. The van der Waals surface area contributed by atoms with Crippen LogP contribution in [0, 0.1) is 5.92 Å². The van der Waals surface area contributed by atoms with E-state index in [0.29, 0.717) is 30.7 Å². The highest BCUT2D eigenvalue weighted by Crippen LogP contribution is 2.26. The number of fused-ring (bicyclic) bond motifs is 1. The van der Waals surface area contributed by atoms with Crippen molar-refractivity contribution in [3.8, 4) is 0 Å². The third-order valence-electron chi connectivity index (χ3n) is 4.64. The summed E-state index contributed by atoms with van der Waals surface area (Å²) >= 11 is 1.33. The van der Waals surface area contributed by atoms with Crippen LogP contribution in [0.4, 0.5) is 0 Å². The molecule has 0 aliphatic heterocycles. The summed E-state index contributed by atoms with van der Waals surface area (Å²) in [6.45, 7) is 0.295. The Balaban J connectivity index is 1.32. The van der Waals surface area contributed by atoms with Crippen LogP contribution in [0.5, 0.6) is 0 Å². The van der Waals surface area contributed by atoms with Crippen molar-refractivity contribution in [2.75, 3.05) is 0 Å². The Bertz CT molecular complexity index is 924. The first-order chi connectivity index (χ1) is 13.1. The number of rotatable bonds is 5. The molecule has 2 amide bonds. The summed E-state index contributed by atoms with van der Waals surface area (Å²) < 4.78 is 1.83. The van der Waals surface area contributed by atoms with Crippen LogP contribution in [0.15, 0.2) is 35.7 Å². The molecular weight excluding hydrogens is 368 g/mol. The molecule has 3 aromatic rings. The second-order valence-electron chi connectivity index (χ2n) is 6.48. The van der Waals surface area contributed by atoms with E-state index >= 15 is 0 Å². The smallest absolute Gasteiger partial charge is 0.271 e. The van der Waals surface area contributed by atoms with Crippen molar-refractivity contribution in [3.05, 3.63) is 47.1 Å². The van der Waals surface area contributed by atoms with E-state index in [1.54, 1.807) is 29.5 Å². The van der Waals surface area contributed by atoms with Crippen LogP contribution < -0.4 is 10.6 Å². The van der Waals surface area contributed by atoms with Crippen molar-refractivity contribution in [2.24, 2.45) is 5.92 Å². The number of aromatic nitrogens is 4. The van der Waals surface area contributed by atoms with Gasteiger partial charge in [0.25, 0.3) is 5.91 Å². The van der Waals surface area contributed by atoms with E-state index in [4.69, 9.17) is 0 Å². The normalized spacial score (nSPS) is 22.0. The fourth-order valence-electron chi connectivity index (χ4n) is 3.25. The second-order valence-corrected chi connectivity index (χ2v) is 7.20. The summed E-state index contributed by atoms with van der Waals surface area (Å²) in [5.41, 5.74) is 3.33. The Hall–Kier alpha value is -2.85. The first-order valence-electron chi connectivity index (χ1n) is 8.52. The summed E-state index contributed by atoms with van der Waals surface area (Å²) in [5.74, 6) is -0.853. The number of nitrogens with one attached hydrogen (secondary N) is 2. The maximum atomic E-state index is 12.4. The molecule has 3 N–H and O–H groups in total. The van der Waals surface area contributed by atoms with Gasteiger partial charge in [-0.2, -0.15) is 0 Å². The minimum absolute atomic E-state index is 0.158. The summed E-state index contributed by atoms with van der Waals surface area (Å²) in [5, 5.41) is 17.5. The first kappa shape index (κ1) is 17.6. The van der Waals surface area contributed by atoms with E-state index in [9.17, 15) is 14.7 Å². The standard InChI is InChI=1S/C17H18N6O3S/c24-14-4-10(3-12(14)22-17(26)13-8-27-9-20-13)16(25)19-5-11-7-23-2-1-18-6-15(23)21-11/h1-2,6-10,12,14,24H,3-5H2,(H,19,25)(H,22,26)/t10-,12-,14-/m0/s1. The van der Waals surface area contributed by atoms with E-state index in [-0.39, 0.29) is 17.7 Å². The van der Waals surface area contributed by atoms with Crippen LogP contribution in [0.3, 0.4) is 0 Å². The van der Waals surface area contributed by atoms with E-state index in [1.807, 2.05) is 10.6 Å². The highest BCUT2D eigenvalue weighted by Gasteiger charge is 2.37. The highest BCUT2D eigenvalue weighted by molar-refractivity contribution is 7.07. The van der Waals surface area contributed by atoms with E-state index in [2.05, 4.69) is 25.6 Å². The Morgan fingerprint density at radius 1 is 1.37 bits per heavy atom. The quantitative estimate of drug-likeness (QED) is 0.583. The molecule has 9 nitrogen and oxygen atoms in total. The molecule has 3 atom stereocenters. The van der Waals surface area contributed by atoms with Gasteiger partial charge >= 0.3 is 0 Å². The molecule has 140 valence electrons. The average Bonchev–Trinajstić information content (AvgIpc) is 3.39. The van der Waals surface area contributed by atoms with Crippen molar-refractivity contribution in [1.82, 2.24) is 30.0 Å². The van der Waals surface area contributed by atoms with Crippen LogP contribution in [0.25, 0.3) is 5.65 Å². The molecule has 0 unspecified atom stereocenters. The molecule has 0 spiro atoms. The largest absolute Gasteiger partial charge is 0.391 e. The van der Waals surface area contributed by atoms with Gasteiger partial charge in [0.2, 0.25) is 5.91 Å². The fourth-order valence-corrected chi connectivity index (χ4v) is 3.79. The van der Waals surface area contributed by atoms with Gasteiger partial charge in [-0.3, -0.25) is 14.6 Å². The summed E-state index contributed by atoms with van der Waals surface area (Å²) in [6, 6.07) is -0.462. The maximum Gasteiger partial charge on any atom is 0.271 e. The van der Waals surface area contributed by atoms with E-state index in [1.165, 1.54) is 11.3 Å². The molecule has 3 aromatic heterocycles. The monoisotopic (exact) mass is 386 g/mol. The molecule has 0 aromatic carbocycles. The minimum atomic E-state index is -0.760.